The van der Waals surface area contributed by atoms with Gasteiger partial charge in [-0.2, -0.15) is 0 Å². The molecule has 1 aliphatic heterocycles. The number of furan rings is 1. The van der Waals surface area contributed by atoms with E-state index in [0.29, 0.717) is 15.0 Å². The number of amides is 1. The van der Waals surface area contributed by atoms with Crippen LogP contribution in [0.25, 0.3) is 17.4 Å². The zero-order valence-corrected chi connectivity index (χ0v) is 13.3. The Morgan fingerprint density at radius 2 is 2.10 bits per heavy atom. The molecule has 21 heavy (non-hydrogen) atoms. The first-order valence-electron chi connectivity index (χ1n) is 6.43. The molecule has 0 unspecified atom stereocenters. The monoisotopic (exact) mass is 315 g/mol. The summed E-state index contributed by atoms with van der Waals surface area (Å²) in [6.45, 7) is 2.04. The maximum Gasteiger partial charge on any atom is 0.266 e. The van der Waals surface area contributed by atoms with Crippen molar-refractivity contribution in [3.05, 3.63) is 52.6 Å². The Hall–Kier alpha value is -1.85. The molecule has 0 aliphatic carbocycles. The summed E-state index contributed by atoms with van der Waals surface area (Å²) in [7, 11) is 1.68. The number of thioether (sulfide) groups is 1. The van der Waals surface area contributed by atoms with Crippen molar-refractivity contribution in [3.8, 4) is 11.3 Å². The molecular formula is C16H13NO2S2. The van der Waals surface area contributed by atoms with Gasteiger partial charge in [-0.25, -0.2) is 0 Å². The van der Waals surface area contributed by atoms with E-state index in [9.17, 15) is 4.79 Å². The molecular weight excluding hydrogens is 302 g/mol. The van der Waals surface area contributed by atoms with E-state index in [2.05, 4.69) is 6.07 Å². The van der Waals surface area contributed by atoms with Crippen molar-refractivity contribution < 1.29 is 9.21 Å². The molecule has 0 spiro atoms. The van der Waals surface area contributed by atoms with Gasteiger partial charge in [0.05, 0.1) is 4.91 Å². The summed E-state index contributed by atoms with van der Waals surface area (Å²) in [4.78, 5) is 14.0. The summed E-state index contributed by atoms with van der Waals surface area (Å²) < 4.78 is 6.37. The third-order valence-corrected chi connectivity index (χ3v) is 4.67. The molecule has 0 radical (unpaired) electrons. The Balaban J connectivity index is 1.89. The highest BCUT2D eigenvalue weighted by Gasteiger charge is 2.28. The van der Waals surface area contributed by atoms with Crippen molar-refractivity contribution in [3.63, 3.8) is 0 Å². The third kappa shape index (κ3) is 2.80. The second kappa shape index (κ2) is 5.50. The van der Waals surface area contributed by atoms with Crippen LogP contribution in [0.3, 0.4) is 0 Å². The molecule has 1 fully saturated rings. The number of carbonyl (C=O) groups excluding carboxylic acids is 1. The first kappa shape index (κ1) is 14.1. The predicted molar refractivity (Wildman–Crippen MR) is 89.8 cm³/mol. The first-order chi connectivity index (χ1) is 10.0. The molecule has 1 saturated heterocycles. The highest BCUT2D eigenvalue weighted by atomic mass is 32.2. The van der Waals surface area contributed by atoms with E-state index < -0.39 is 0 Å². The van der Waals surface area contributed by atoms with E-state index in [0.717, 1.165) is 11.3 Å². The van der Waals surface area contributed by atoms with Crippen LogP contribution < -0.4 is 0 Å². The lowest BCUT2D eigenvalue weighted by molar-refractivity contribution is -0.121. The van der Waals surface area contributed by atoms with Crippen LogP contribution >= 0.6 is 24.0 Å². The zero-order chi connectivity index (χ0) is 15.0. The minimum absolute atomic E-state index is 0.0847. The molecule has 2 aromatic rings. The summed E-state index contributed by atoms with van der Waals surface area (Å²) in [5.74, 6) is 1.36. The molecule has 5 heteroatoms. The van der Waals surface area contributed by atoms with E-state index in [1.807, 2.05) is 37.3 Å². The van der Waals surface area contributed by atoms with E-state index in [1.165, 1.54) is 22.2 Å². The molecule has 1 aromatic heterocycles. The van der Waals surface area contributed by atoms with Crippen LogP contribution in [0.1, 0.15) is 11.3 Å². The predicted octanol–water partition coefficient (Wildman–Crippen LogP) is 4.09. The Morgan fingerprint density at radius 3 is 2.76 bits per heavy atom. The summed E-state index contributed by atoms with van der Waals surface area (Å²) in [6.07, 6.45) is 1.74. The van der Waals surface area contributed by atoms with Crippen molar-refractivity contribution in [2.45, 2.75) is 6.92 Å². The van der Waals surface area contributed by atoms with Crippen molar-refractivity contribution in [2.75, 3.05) is 7.05 Å². The van der Waals surface area contributed by atoms with Gasteiger partial charge >= 0.3 is 0 Å². The molecule has 0 bridgehead atoms. The fraction of sp³-hybridized carbons (Fsp3) is 0.125. The molecule has 1 aromatic carbocycles. The van der Waals surface area contributed by atoms with Crippen LogP contribution in [-0.2, 0) is 4.79 Å². The lowest BCUT2D eigenvalue weighted by Gasteiger charge is -2.03. The second-order valence-corrected chi connectivity index (χ2v) is 6.49. The standard InChI is InChI=1S/C16H13NO2S2/c1-10-4-3-5-11(8-10)13-7-6-12(19-13)9-14-15(18)17(2)16(20)21-14/h3-9H,1-2H3/b14-9+. The second-order valence-electron chi connectivity index (χ2n) is 4.81. The zero-order valence-electron chi connectivity index (χ0n) is 11.6. The van der Waals surface area contributed by atoms with E-state index >= 15 is 0 Å². The fourth-order valence-corrected chi connectivity index (χ4v) is 3.22. The third-order valence-electron chi connectivity index (χ3n) is 3.19. The maximum atomic E-state index is 11.9. The van der Waals surface area contributed by atoms with Crippen LogP contribution in [0.4, 0.5) is 0 Å². The Labute approximate surface area is 132 Å². The molecule has 1 amide bonds. The summed E-state index contributed by atoms with van der Waals surface area (Å²) in [6, 6.07) is 11.9. The van der Waals surface area contributed by atoms with Crippen LogP contribution in [0.2, 0.25) is 0 Å². The van der Waals surface area contributed by atoms with Crippen LogP contribution in [-0.4, -0.2) is 22.2 Å². The molecule has 3 rings (SSSR count). The van der Waals surface area contributed by atoms with Gasteiger partial charge < -0.3 is 4.42 Å². The molecule has 106 valence electrons. The minimum Gasteiger partial charge on any atom is -0.457 e. The number of hydrogen-bond acceptors (Lipinski definition) is 4. The molecule has 3 nitrogen and oxygen atoms in total. The fourth-order valence-electron chi connectivity index (χ4n) is 2.06. The van der Waals surface area contributed by atoms with E-state index in [1.54, 1.807) is 13.1 Å². The van der Waals surface area contributed by atoms with Gasteiger partial charge in [-0.05, 0) is 25.1 Å². The smallest absolute Gasteiger partial charge is 0.266 e. The molecule has 1 aliphatic rings. The molecule has 0 atom stereocenters. The van der Waals surface area contributed by atoms with Gasteiger partial charge in [-0.15, -0.1) is 0 Å². The maximum absolute atomic E-state index is 11.9. The number of thiocarbonyl (C=S) groups is 1. The van der Waals surface area contributed by atoms with Gasteiger partial charge in [0.1, 0.15) is 15.8 Å². The number of likely N-dealkylation sites (N-methyl/N-ethyl adjacent to an activating group) is 1. The Bertz CT molecular complexity index is 761. The van der Waals surface area contributed by atoms with Crippen molar-refractivity contribution in [1.82, 2.24) is 4.90 Å². The average Bonchev–Trinajstić information content (AvgIpc) is 3.01. The molecule has 0 saturated carbocycles. The highest BCUT2D eigenvalue weighted by Crippen LogP contribution is 2.32. The lowest BCUT2D eigenvalue weighted by atomic mass is 10.1. The van der Waals surface area contributed by atoms with E-state index in [4.69, 9.17) is 16.6 Å². The number of rotatable bonds is 2. The van der Waals surface area contributed by atoms with E-state index in [-0.39, 0.29) is 5.91 Å². The lowest BCUT2D eigenvalue weighted by Crippen LogP contribution is -2.22. The molecule has 2 heterocycles. The van der Waals surface area contributed by atoms with Gasteiger partial charge in [0, 0.05) is 18.7 Å². The number of aryl methyl sites for hydroxylation is 1. The van der Waals surface area contributed by atoms with Crippen molar-refractivity contribution in [2.24, 2.45) is 0 Å². The summed E-state index contributed by atoms with van der Waals surface area (Å²) in [5.41, 5.74) is 2.20. The number of carbonyl (C=O) groups is 1. The quantitative estimate of drug-likeness (QED) is 0.617. The van der Waals surface area contributed by atoms with Gasteiger partial charge in [-0.1, -0.05) is 47.7 Å². The van der Waals surface area contributed by atoms with Gasteiger partial charge in [-0.3, -0.25) is 9.69 Å². The minimum atomic E-state index is -0.0847. The van der Waals surface area contributed by atoms with Crippen molar-refractivity contribution >= 4 is 40.3 Å². The topological polar surface area (TPSA) is 33.5 Å². The number of hydrogen-bond donors (Lipinski definition) is 0. The van der Waals surface area contributed by atoms with Crippen molar-refractivity contribution in [1.29, 1.82) is 0 Å². The van der Waals surface area contributed by atoms with Crippen LogP contribution in [0.5, 0.6) is 0 Å². The average molecular weight is 315 g/mol. The van der Waals surface area contributed by atoms with Gasteiger partial charge in [0.15, 0.2) is 0 Å². The van der Waals surface area contributed by atoms with Crippen LogP contribution in [0, 0.1) is 6.92 Å². The highest BCUT2D eigenvalue weighted by molar-refractivity contribution is 8.26. The van der Waals surface area contributed by atoms with Crippen LogP contribution in [0.15, 0.2) is 45.7 Å². The molecule has 0 N–H and O–H groups in total. The SMILES string of the molecule is Cc1cccc(-c2ccc(/C=C3/SC(=S)N(C)C3=O)o2)c1. The number of benzene rings is 1. The normalized spacial score (nSPS) is 17.0. The van der Waals surface area contributed by atoms with Gasteiger partial charge in [0.2, 0.25) is 0 Å². The first-order valence-corrected chi connectivity index (χ1v) is 7.65. The Kier molecular flexibility index (Phi) is 3.69. The largest absolute Gasteiger partial charge is 0.457 e. The summed E-state index contributed by atoms with van der Waals surface area (Å²) >= 11 is 6.40. The number of nitrogens with zero attached hydrogens (tertiary/aromatic N) is 1. The van der Waals surface area contributed by atoms with Gasteiger partial charge in [0.25, 0.3) is 5.91 Å². The Morgan fingerprint density at radius 1 is 1.29 bits per heavy atom. The summed E-state index contributed by atoms with van der Waals surface area (Å²) in [5, 5.41) is 0.